The third-order valence-electron chi connectivity index (χ3n) is 3.45. The van der Waals surface area contributed by atoms with Crippen molar-refractivity contribution in [2.75, 3.05) is 20.2 Å². The van der Waals surface area contributed by atoms with E-state index in [1.807, 2.05) is 38.2 Å². The lowest BCUT2D eigenvalue weighted by Gasteiger charge is -2.25. The first kappa shape index (κ1) is 15.7. The third-order valence-corrected chi connectivity index (χ3v) is 3.45. The topological polar surface area (TPSA) is 29.5 Å². The van der Waals surface area contributed by atoms with E-state index in [0.717, 1.165) is 12.8 Å². The van der Waals surface area contributed by atoms with Gasteiger partial charge in [0.2, 0.25) is 0 Å². The normalized spacial score (nSPS) is 11.1. The average Bonchev–Trinajstić information content (AvgIpc) is 2.41. The number of carbonyl (C=O) groups is 1. The highest BCUT2D eigenvalue weighted by Crippen LogP contribution is 2.19. The molecule has 0 aromatic heterocycles. The van der Waals surface area contributed by atoms with Crippen LogP contribution in [0, 0.1) is 0 Å². The van der Waals surface area contributed by atoms with Crippen LogP contribution in [-0.2, 0) is 0 Å². The first-order valence-electron chi connectivity index (χ1n) is 7.09. The largest absolute Gasteiger partial charge is 0.493 e. The zero-order valence-electron chi connectivity index (χ0n) is 12.5. The summed E-state index contributed by atoms with van der Waals surface area (Å²) < 4.78 is 5.51. The summed E-state index contributed by atoms with van der Waals surface area (Å²) in [6, 6.07) is 7.93. The highest BCUT2D eigenvalue weighted by molar-refractivity contribution is 6.00. The lowest BCUT2D eigenvalue weighted by Crippen LogP contribution is -2.35. The summed E-state index contributed by atoms with van der Waals surface area (Å²) in [5.74, 6) is 0.811. The molecule has 1 rings (SSSR count). The Morgan fingerprint density at radius 2 is 1.84 bits per heavy atom. The maximum absolute atomic E-state index is 12.4. The number of Topliss-reactive ketones (excluding diaryl/α,β-unsaturated/α-hetero) is 1. The van der Waals surface area contributed by atoms with E-state index in [0.29, 0.717) is 30.5 Å². The van der Waals surface area contributed by atoms with Crippen LogP contribution in [0.15, 0.2) is 24.3 Å². The van der Waals surface area contributed by atoms with Gasteiger partial charge >= 0.3 is 0 Å². The van der Waals surface area contributed by atoms with Crippen LogP contribution in [0.3, 0.4) is 0 Å². The molecule has 0 bridgehead atoms. The van der Waals surface area contributed by atoms with Gasteiger partial charge in [0.15, 0.2) is 5.78 Å². The van der Waals surface area contributed by atoms with Crippen LogP contribution >= 0.6 is 0 Å². The van der Waals surface area contributed by atoms with E-state index in [-0.39, 0.29) is 5.78 Å². The molecule has 0 aliphatic heterocycles. The lowest BCUT2D eigenvalue weighted by molar-refractivity contribution is 0.0912. The van der Waals surface area contributed by atoms with Gasteiger partial charge in [-0.1, -0.05) is 26.0 Å². The average molecular weight is 263 g/mol. The molecule has 0 spiro atoms. The molecular formula is C16H25NO2. The molecule has 0 aliphatic rings. The molecule has 0 N–H and O–H groups in total. The Morgan fingerprint density at radius 3 is 2.42 bits per heavy atom. The zero-order valence-corrected chi connectivity index (χ0v) is 12.5. The molecule has 1 aromatic rings. The Bertz CT molecular complexity index is 399. The van der Waals surface area contributed by atoms with Gasteiger partial charge in [-0.15, -0.1) is 0 Å². The predicted molar refractivity (Wildman–Crippen MR) is 78.9 cm³/mol. The fourth-order valence-corrected chi connectivity index (χ4v) is 2.33. The number of rotatable bonds is 8. The maximum Gasteiger partial charge on any atom is 0.180 e. The summed E-state index contributed by atoms with van der Waals surface area (Å²) >= 11 is 0. The lowest BCUT2D eigenvalue weighted by atomic mass is 10.1. The van der Waals surface area contributed by atoms with Crippen LogP contribution in [0.1, 0.15) is 44.0 Å². The molecule has 3 heteroatoms. The Balaban J connectivity index is 2.77. The second-order valence-electron chi connectivity index (χ2n) is 4.74. The molecule has 0 fully saturated rings. The molecule has 0 saturated carbocycles. The van der Waals surface area contributed by atoms with Gasteiger partial charge in [0.25, 0.3) is 0 Å². The molecule has 106 valence electrons. The summed E-state index contributed by atoms with van der Waals surface area (Å²) in [7, 11) is 2.01. The van der Waals surface area contributed by atoms with Crippen molar-refractivity contribution in [3.8, 4) is 5.75 Å². The second kappa shape index (κ2) is 7.95. The molecule has 19 heavy (non-hydrogen) atoms. The smallest absolute Gasteiger partial charge is 0.180 e. The minimum atomic E-state index is 0.124. The van der Waals surface area contributed by atoms with Crippen molar-refractivity contribution in [3.63, 3.8) is 0 Å². The van der Waals surface area contributed by atoms with Gasteiger partial charge < -0.3 is 4.74 Å². The van der Waals surface area contributed by atoms with Crippen LogP contribution in [-0.4, -0.2) is 36.9 Å². The van der Waals surface area contributed by atoms with E-state index in [1.165, 1.54) is 0 Å². The van der Waals surface area contributed by atoms with Crippen molar-refractivity contribution in [2.24, 2.45) is 0 Å². The number of nitrogens with zero attached hydrogens (tertiary/aromatic N) is 1. The SMILES string of the molecule is CCOc1ccccc1C(=O)CN(C)C(CC)CC. The Kier molecular flexibility index (Phi) is 6.57. The fourth-order valence-electron chi connectivity index (χ4n) is 2.33. The quantitative estimate of drug-likeness (QED) is 0.673. The third kappa shape index (κ3) is 4.35. The number of hydrogen-bond donors (Lipinski definition) is 0. The molecule has 0 unspecified atom stereocenters. The van der Waals surface area contributed by atoms with E-state index in [1.54, 1.807) is 0 Å². The Hall–Kier alpha value is -1.35. The molecule has 0 saturated heterocycles. The molecule has 1 aromatic carbocycles. The molecule has 3 nitrogen and oxygen atoms in total. The van der Waals surface area contributed by atoms with Gasteiger partial charge in [-0.3, -0.25) is 9.69 Å². The Labute approximate surface area is 116 Å². The number of para-hydroxylation sites is 1. The predicted octanol–water partition coefficient (Wildman–Crippen LogP) is 3.39. The molecule has 0 radical (unpaired) electrons. The summed E-state index contributed by atoms with van der Waals surface area (Å²) in [5.41, 5.74) is 0.683. The van der Waals surface area contributed by atoms with Crippen LogP contribution < -0.4 is 4.74 Å². The highest BCUT2D eigenvalue weighted by Gasteiger charge is 2.17. The number of benzene rings is 1. The number of likely N-dealkylation sites (N-methyl/N-ethyl adjacent to an activating group) is 1. The number of ketones is 1. The van der Waals surface area contributed by atoms with Gasteiger partial charge in [-0.05, 0) is 38.9 Å². The second-order valence-corrected chi connectivity index (χ2v) is 4.74. The molecule has 0 atom stereocenters. The van der Waals surface area contributed by atoms with Gasteiger partial charge in [-0.2, -0.15) is 0 Å². The van der Waals surface area contributed by atoms with Crippen LogP contribution in [0.5, 0.6) is 5.75 Å². The van der Waals surface area contributed by atoms with E-state index in [2.05, 4.69) is 18.7 Å². The van der Waals surface area contributed by atoms with Crippen molar-refractivity contribution in [2.45, 2.75) is 39.7 Å². The number of carbonyl (C=O) groups excluding carboxylic acids is 1. The van der Waals surface area contributed by atoms with Crippen molar-refractivity contribution < 1.29 is 9.53 Å². The van der Waals surface area contributed by atoms with Crippen molar-refractivity contribution in [1.82, 2.24) is 4.90 Å². The van der Waals surface area contributed by atoms with Gasteiger partial charge in [-0.25, -0.2) is 0 Å². The zero-order chi connectivity index (χ0) is 14.3. The number of hydrogen-bond acceptors (Lipinski definition) is 3. The minimum Gasteiger partial charge on any atom is -0.493 e. The molecule has 0 aliphatic carbocycles. The van der Waals surface area contributed by atoms with E-state index in [9.17, 15) is 4.79 Å². The van der Waals surface area contributed by atoms with Crippen molar-refractivity contribution in [1.29, 1.82) is 0 Å². The van der Waals surface area contributed by atoms with Gasteiger partial charge in [0, 0.05) is 6.04 Å². The molecule has 0 amide bonds. The van der Waals surface area contributed by atoms with Crippen molar-refractivity contribution >= 4 is 5.78 Å². The first-order valence-corrected chi connectivity index (χ1v) is 7.09. The summed E-state index contributed by atoms with van der Waals surface area (Å²) in [6.07, 6.45) is 2.13. The minimum absolute atomic E-state index is 0.124. The Morgan fingerprint density at radius 1 is 1.21 bits per heavy atom. The van der Waals surface area contributed by atoms with Crippen molar-refractivity contribution in [3.05, 3.63) is 29.8 Å². The van der Waals surface area contributed by atoms with Crippen LogP contribution in [0.25, 0.3) is 0 Å². The maximum atomic E-state index is 12.4. The van der Waals surface area contributed by atoms with Gasteiger partial charge in [0.05, 0.1) is 18.7 Å². The van der Waals surface area contributed by atoms with Gasteiger partial charge in [0.1, 0.15) is 5.75 Å². The first-order chi connectivity index (χ1) is 9.13. The van der Waals surface area contributed by atoms with E-state index >= 15 is 0 Å². The summed E-state index contributed by atoms with van der Waals surface area (Å²) in [4.78, 5) is 14.5. The van der Waals surface area contributed by atoms with E-state index < -0.39 is 0 Å². The molecular weight excluding hydrogens is 238 g/mol. The van der Waals surface area contributed by atoms with E-state index in [4.69, 9.17) is 4.74 Å². The molecule has 0 heterocycles. The fraction of sp³-hybridized carbons (Fsp3) is 0.562. The highest BCUT2D eigenvalue weighted by atomic mass is 16.5. The standard InChI is InChI=1S/C16H25NO2/c1-5-13(6-2)17(4)12-15(18)14-10-8-9-11-16(14)19-7-3/h8-11,13H,5-7,12H2,1-4H3. The monoisotopic (exact) mass is 263 g/mol. The number of ether oxygens (including phenoxy) is 1. The summed E-state index contributed by atoms with van der Waals surface area (Å²) in [6.45, 7) is 7.26. The van der Waals surface area contributed by atoms with Crippen LogP contribution in [0.2, 0.25) is 0 Å². The van der Waals surface area contributed by atoms with Crippen LogP contribution in [0.4, 0.5) is 0 Å². The summed E-state index contributed by atoms with van der Waals surface area (Å²) in [5, 5.41) is 0.